The Bertz CT molecular complexity index is 1710. The number of carbonyl (C=O) groups is 1. The zero-order chi connectivity index (χ0) is 26.4. The van der Waals surface area contributed by atoms with Crippen LogP contribution in [0.1, 0.15) is 17.5 Å². The number of pyridine rings is 2. The van der Waals surface area contributed by atoms with E-state index in [9.17, 15) is 14.4 Å². The topological polar surface area (TPSA) is 90.4 Å². The molecule has 0 radical (unpaired) electrons. The second-order valence-electron chi connectivity index (χ2n) is 9.03. The molecule has 188 valence electrons. The Morgan fingerprint density at radius 3 is 2.45 bits per heavy atom. The number of thiazole rings is 1. The molecular formula is C28H22FN7OS. The molecule has 6 rings (SSSR count). The number of anilines is 3. The lowest BCUT2D eigenvalue weighted by molar-refractivity contribution is -0.119. The van der Waals surface area contributed by atoms with E-state index in [1.54, 1.807) is 12.1 Å². The molecule has 1 aliphatic rings. The summed E-state index contributed by atoms with van der Waals surface area (Å²) in [5, 5.41) is 10.4. The Labute approximate surface area is 222 Å². The number of aryl methyl sites for hydroxylation is 1. The van der Waals surface area contributed by atoms with Crippen molar-refractivity contribution in [1.82, 2.24) is 19.4 Å². The minimum atomic E-state index is -0.338. The highest BCUT2D eigenvalue weighted by Crippen LogP contribution is 2.37. The Balaban J connectivity index is 1.38. The van der Waals surface area contributed by atoms with E-state index < -0.39 is 0 Å². The highest BCUT2D eigenvalue weighted by atomic mass is 32.1. The number of carbonyl (C=O) groups excluding carboxylic acids is 1. The predicted molar refractivity (Wildman–Crippen MR) is 145 cm³/mol. The second kappa shape index (κ2) is 9.36. The number of imidazole rings is 1. The lowest BCUT2D eigenvalue weighted by Gasteiger charge is -2.30. The van der Waals surface area contributed by atoms with Crippen LogP contribution >= 0.6 is 11.3 Å². The van der Waals surface area contributed by atoms with Gasteiger partial charge in [0.25, 0.3) is 0 Å². The van der Waals surface area contributed by atoms with E-state index in [-0.39, 0.29) is 11.6 Å². The zero-order valence-electron chi connectivity index (χ0n) is 20.7. The summed E-state index contributed by atoms with van der Waals surface area (Å²) in [7, 11) is 1.91. The molecule has 0 aliphatic carbocycles. The molecular weight excluding hydrogens is 501 g/mol. The summed E-state index contributed by atoms with van der Waals surface area (Å²) < 4.78 is 15.5. The SMILES string of the molecule is CCc1nc2ccc(-c3ccc(N4CC(=O)C4)nc3)cn2c1N(C)c1nc(-c2ccc(F)cc2)c(C#N)s1. The van der Waals surface area contributed by atoms with Gasteiger partial charge in [-0.2, -0.15) is 5.26 Å². The van der Waals surface area contributed by atoms with E-state index in [0.717, 1.165) is 34.1 Å². The van der Waals surface area contributed by atoms with Gasteiger partial charge < -0.3 is 9.80 Å². The van der Waals surface area contributed by atoms with Crippen LogP contribution in [-0.4, -0.2) is 45.3 Å². The van der Waals surface area contributed by atoms with E-state index in [4.69, 9.17) is 9.97 Å². The van der Waals surface area contributed by atoms with Crippen molar-refractivity contribution in [2.24, 2.45) is 0 Å². The number of nitriles is 1. The maximum absolute atomic E-state index is 13.5. The van der Waals surface area contributed by atoms with Crippen molar-refractivity contribution in [2.75, 3.05) is 29.9 Å². The third kappa shape index (κ3) is 4.07. The van der Waals surface area contributed by atoms with Gasteiger partial charge in [0.2, 0.25) is 0 Å². The summed E-state index contributed by atoms with van der Waals surface area (Å²) in [5.41, 5.74) is 4.83. The third-order valence-electron chi connectivity index (χ3n) is 6.58. The van der Waals surface area contributed by atoms with Crippen molar-refractivity contribution < 1.29 is 9.18 Å². The fourth-order valence-corrected chi connectivity index (χ4v) is 5.40. The van der Waals surface area contributed by atoms with E-state index in [1.807, 2.05) is 57.9 Å². The van der Waals surface area contributed by atoms with Crippen molar-refractivity contribution in [2.45, 2.75) is 13.3 Å². The van der Waals surface area contributed by atoms with Crippen molar-refractivity contribution in [3.05, 3.63) is 77.3 Å². The largest absolute Gasteiger partial charge is 0.342 e. The lowest BCUT2D eigenvalue weighted by atomic mass is 10.1. The Morgan fingerprint density at radius 1 is 1.05 bits per heavy atom. The predicted octanol–water partition coefficient (Wildman–Crippen LogP) is 5.25. The Kier molecular flexibility index (Phi) is 5.85. The number of rotatable bonds is 6. The third-order valence-corrected chi connectivity index (χ3v) is 7.61. The molecule has 8 nitrogen and oxygen atoms in total. The molecule has 0 unspecified atom stereocenters. The molecule has 5 heterocycles. The standard InChI is InChI=1S/C28H22FN7OS/c1-3-22-27(34(2)28-33-26(23(12-30)38-28)17-4-8-20(29)9-5-17)36-14-19(7-11-25(36)32-22)18-6-10-24(31-13-18)35-15-21(37)16-35/h4-11,13-14H,3,15-16H2,1-2H3. The van der Waals surface area contributed by atoms with Crippen molar-refractivity contribution in [3.8, 4) is 28.5 Å². The van der Waals surface area contributed by atoms with Gasteiger partial charge in [0.15, 0.2) is 10.9 Å². The van der Waals surface area contributed by atoms with Gasteiger partial charge in [-0.15, -0.1) is 0 Å². The molecule has 0 amide bonds. The minimum absolute atomic E-state index is 0.219. The van der Waals surface area contributed by atoms with Crippen LogP contribution in [-0.2, 0) is 11.2 Å². The first-order chi connectivity index (χ1) is 18.4. The molecule has 0 saturated carbocycles. The van der Waals surface area contributed by atoms with Crippen LogP contribution in [0, 0.1) is 17.1 Å². The van der Waals surface area contributed by atoms with Gasteiger partial charge in [0, 0.05) is 36.1 Å². The van der Waals surface area contributed by atoms with Gasteiger partial charge in [-0.1, -0.05) is 18.3 Å². The van der Waals surface area contributed by atoms with E-state index in [2.05, 4.69) is 18.0 Å². The highest BCUT2D eigenvalue weighted by molar-refractivity contribution is 7.16. The summed E-state index contributed by atoms with van der Waals surface area (Å²) in [6, 6.07) is 16.1. The van der Waals surface area contributed by atoms with Crippen LogP contribution in [0.2, 0.25) is 0 Å². The van der Waals surface area contributed by atoms with Crippen LogP contribution in [0.3, 0.4) is 0 Å². The molecule has 0 spiro atoms. The average molecular weight is 524 g/mol. The number of aromatic nitrogens is 4. The van der Waals surface area contributed by atoms with Crippen LogP contribution in [0.25, 0.3) is 28.0 Å². The van der Waals surface area contributed by atoms with Gasteiger partial charge >= 0.3 is 0 Å². The maximum atomic E-state index is 13.5. The van der Waals surface area contributed by atoms with Crippen LogP contribution in [0.5, 0.6) is 0 Å². The molecule has 0 N–H and O–H groups in total. The summed E-state index contributed by atoms with van der Waals surface area (Å²) in [6.45, 7) is 2.88. The molecule has 38 heavy (non-hydrogen) atoms. The number of Topliss-reactive ketones (excluding diaryl/α,β-unsaturated/α-hetero) is 1. The maximum Gasteiger partial charge on any atom is 0.192 e. The quantitative estimate of drug-likeness (QED) is 0.300. The van der Waals surface area contributed by atoms with Gasteiger partial charge in [-0.3, -0.25) is 9.20 Å². The fourth-order valence-electron chi connectivity index (χ4n) is 4.55. The lowest BCUT2D eigenvalue weighted by Crippen LogP contribution is -2.47. The van der Waals surface area contributed by atoms with Crippen LogP contribution in [0.15, 0.2) is 60.9 Å². The molecule has 0 atom stereocenters. The van der Waals surface area contributed by atoms with Crippen molar-refractivity contribution >= 4 is 39.5 Å². The smallest absolute Gasteiger partial charge is 0.192 e. The van der Waals surface area contributed by atoms with E-state index in [0.29, 0.717) is 40.8 Å². The summed E-state index contributed by atoms with van der Waals surface area (Å²) in [4.78, 5) is 29.8. The molecule has 1 fully saturated rings. The average Bonchev–Trinajstić information content (AvgIpc) is 3.53. The zero-order valence-corrected chi connectivity index (χ0v) is 21.5. The number of benzene rings is 1. The first kappa shape index (κ1) is 23.8. The number of hydrogen-bond acceptors (Lipinski definition) is 8. The van der Waals surface area contributed by atoms with Gasteiger partial charge in [-0.05, 0) is 55.0 Å². The van der Waals surface area contributed by atoms with E-state index in [1.165, 1.54) is 23.5 Å². The minimum Gasteiger partial charge on any atom is -0.342 e. The van der Waals surface area contributed by atoms with Gasteiger partial charge in [0.05, 0.1) is 18.8 Å². The number of hydrogen-bond donors (Lipinski definition) is 0. The molecule has 10 heteroatoms. The van der Waals surface area contributed by atoms with E-state index >= 15 is 0 Å². The molecule has 1 saturated heterocycles. The number of fused-ring (bicyclic) bond motifs is 1. The summed E-state index contributed by atoms with van der Waals surface area (Å²) in [5.74, 6) is 1.53. The summed E-state index contributed by atoms with van der Waals surface area (Å²) in [6.07, 6.45) is 4.55. The number of nitrogens with zero attached hydrogens (tertiary/aromatic N) is 7. The van der Waals surface area contributed by atoms with Crippen LogP contribution < -0.4 is 9.80 Å². The van der Waals surface area contributed by atoms with Crippen molar-refractivity contribution in [3.63, 3.8) is 0 Å². The van der Waals surface area contributed by atoms with Gasteiger partial charge in [0.1, 0.15) is 39.7 Å². The molecule has 1 aliphatic heterocycles. The summed E-state index contributed by atoms with van der Waals surface area (Å²) >= 11 is 1.29. The fraction of sp³-hybridized carbons (Fsp3) is 0.179. The Hall–Kier alpha value is -4.62. The molecule has 0 bridgehead atoms. The monoisotopic (exact) mass is 523 g/mol. The molecule has 1 aromatic carbocycles. The number of halogens is 1. The second-order valence-corrected chi connectivity index (χ2v) is 10.0. The normalized spacial score (nSPS) is 13.0. The van der Waals surface area contributed by atoms with Crippen molar-refractivity contribution in [1.29, 1.82) is 5.26 Å². The van der Waals surface area contributed by atoms with Crippen LogP contribution in [0.4, 0.5) is 21.2 Å². The van der Waals surface area contributed by atoms with Gasteiger partial charge in [-0.25, -0.2) is 19.3 Å². The first-order valence-corrected chi connectivity index (χ1v) is 12.9. The number of ketones is 1. The molecule has 5 aromatic rings. The molecule has 4 aromatic heterocycles. The Morgan fingerprint density at radius 2 is 1.79 bits per heavy atom. The first-order valence-electron chi connectivity index (χ1n) is 12.1. The highest BCUT2D eigenvalue weighted by Gasteiger charge is 2.25.